The molecule has 1 heterocycles. The number of carbonyl (C=O) groups is 1. The average Bonchev–Trinajstić information content (AvgIpc) is 2.88. The second kappa shape index (κ2) is 10.4. The van der Waals surface area contributed by atoms with Crippen molar-refractivity contribution in [3.05, 3.63) is 101 Å². The first-order valence-corrected chi connectivity index (χ1v) is 11.9. The number of carbonyl (C=O) groups excluding carboxylic acids is 1. The Kier molecular flexibility index (Phi) is 7.10. The summed E-state index contributed by atoms with van der Waals surface area (Å²) in [6.45, 7) is 4.02. The normalized spacial score (nSPS) is 10.5. The summed E-state index contributed by atoms with van der Waals surface area (Å²) in [4.78, 5) is 17.7. The van der Waals surface area contributed by atoms with Gasteiger partial charge in [0.2, 0.25) is 0 Å². The number of ether oxygens (including phenoxy) is 1. The molecule has 0 unspecified atom stereocenters. The molecule has 0 amide bonds. The van der Waals surface area contributed by atoms with Crippen molar-refractivity contribution < 1.29 is 9.53 Å². The number of methoxy groups -OCH3 is 1. The van der Waals surface area contributed by atoms with Gasteiger partial charge < -0.3 is 4.74 Å². The third-order valence-corrected chi connectivity index (χ3v) is 6.71. The van der Waals surface area contributed by atoms with Gasteiger partial charge in [-0.15, -0.1) is 0 Å². The number of ketones is 1. The second-order valence-electron chi connectivity index (χ2n) is 7.95. The van der Waals surface area contributed by atoms with Crippen molar-refractivity contribution in [3.8, 4) is 34.2 Å². The average molecular weight is 465 g/mol. The smallest absolute Gasteiger partial charge is 0.173 e. The zero-order chi connectivity index (χ0) is 24.1. The number of pyridine rings is 1. The zero-order valence-electron chi connectivity index (χ0n) is 19.3. The fourth-order valence-electron chi connectivity index (χ4n) is 3.62. The van der Waals surface area contributed by atoms with E-state index in [-0.39, 0.29) is 11.5 Å². The van der Waals surface area contributed by atoms with E-state index in [4.69, 9.17) is 9.72 Å². The molecule has 0 radical (unpaired) electrons. The van der Waals surface area contributed by atoms with Gasteiger partial charge in [0.05, 0.1) is 24.1 Å². The van der Waals surface area contributed by atoms with Crippen LogP contribution < -0.4 is 4.74 Å². The van der Waals surface area contributed by atoms with Crippen LogP contribution in [0.5, 0.6) is 5.75 Å². The monoisotopic (exact) mass is 464 g/mol. The molecular weight excluding hydrogens is 440 g/mol. The summed E-state index contributed by atoms with van der Waals surface area (Å²) in [5.41, 5.74) is 6.73. The van der Waals surface area contributed by atoms with Gasteiger partial charge in [-0.2, -0.15) is 5.26 Å². The van der Waals surface area contributed by atoms with Gasteiger partial charge in [-0.1, -0.05) is 66.4 Å². The Balaban J connectivity index is 1.74. The number of aryl methyl sites for hydroxylation is 2. The number of hydrogen-bond donors (Lipinski definition) is 0. The number of Topliss-reactive ketones (excluding diaryl/α,β-unsaturated/α-hetero) is 1. The van der Waals surface area contributed by atoms with Gasteiger partial charge in [-0.05, 0) is 54.8 Å². The van der Waals surface area contributed by atoms with Gasteiger partial charge in [-0.25, -0.2) is 4.98 Å². The van der Waals surface area contributed by atoms with Crippen LogP contribution in [0.1, 0.15) is 27.0 Å². The highest BCUT2D eigenvalue weighted by Crippen LogP contribution is 2.35. The highest BCUT2D eigenvalue weighted by atomic mass is 32.2. The summed E-state index contributed by atoms with van der Waals surface area (Å²) in [6.07, 6.45) is 0. The maximum absolute atomic E-state index is 12.9. The van der Waals surface area contributed by atoms with Gasteiger partial charge in [0.25, 0.3) is 0 Å². The first-order valence-electron chi connectivity index (χ1n) is 10.9. The van der Waals surface area contributed by atoms with Crippen LogP contribution in [0.15, 0.2) is 83.9 Å². The van der Waals surface area contributed by atoms with Crippen LogP contribution in [0.3, 0.4) is 0 Å². The molecule has 0 saturated heterocycles. The van der Waals surface area contributed by atoms with Crippen molar-refractivity contribution in [1.82, 2.24) is 4.98 Å². The van der Waals surface area contributed by atoms with Crippen LogP contribution in [0.2, 0.25) is 0 Å². The largest absolute Gasteiger partial charge is 0.497 e. The standard InChI is InChI=1S/C29H24N2O2S/c1-19-9-10-23(15-20(19)2)28(32)18-34-29-26(17-30)25(21-11-13-24(33-3)14-12-21)16-27(31-29)22-7-5-4-6-8-22/h4-16H,18H2,1-3H3. The fourth-order valence-corrected chi connectivity index (χ4v) is 4.52. The van der Waals surface area contributed by atoms with Crippen LogP contribution in [-0.4, -0.2) is 23.6 Å². The molecule has 1 aromatic heterocycles. The van der Waals surface area contributed by atoms with Crippen molar-refractivity contribution in [1.29, 1.82) is 5.26 Å². The van der Waals surface area contributed by atoms with E-state index in [2.05, 4.69) is 6.07 Å². The lowest BCUT2D eigenvalue weighted by Crippen LogP contribution is -2.05. The minimum Gasteiger partial charge on any atom is -0.497 e. The molecule has 0 aliphatic rings. The molecule has 0 aliphatic heterocycles. The first-order chi connectivity index (χ1) is 16.5. The van der Waals surface area contributed by atoms with E-state index in [1.165, 1.54) is 11.8 Å². The van der Waals surface area contributed by atoms with E-state index >= 15 is 0 Å². The lowest BCUT2D eigenvalue weighted by atomic mass is 9.99. The SMILES string of the molecule is COc1ccc(-c2cc(-c3ccccc3)nc(SCC(=O)c3ccc(C)c(C)c3)c2C#N)cc1. The lowest BCUT2D eigenvalue weighted by molar-refractivity contribution is 0.102. The molecular formula is C29H24N2O2S. The predicted octanol–water partition coefficient (Wildman–Crippen LogP) is 6.89. The molecule has 0 spiro atoms. The van der Waals surface area contributed by atoms with E-state index in [1.807, 2.05) is 92.7 Å². The molecule has 0 atom stereocenters. The van der Waals surface area contributed by atoms with E-state index in [9.17, 15) is 10.1 Å². The molecule has 4 rings (SSSR count). The van der Waals surface area contributed by atoms with Crippen molar-refractivity contribution in [2.45, 2.75) is 18.9 Å². The van der Waals surface area contributed by atoms with Gasteiger partial charge in [0.15, 0.2) is 5.78 Å². The summed E-state index contributed by atoms with van der Waals surface area (Å²) < 4.78 is 5.28. The molecule has 0 saturated carbocycles. The molecule has 4 aromatic rings. The van der Waals surface area contributed by atoms with Crippen LogP contribution >= 0.6 is 11.8 Å². The van der Waals surface area contributed by atoms with Gasteiger partial charge in [-0.3, -0.25) is 4.79 Å². The Hall–Kier alpha value is -3.88. The van der Waals surface area contributed by atoms with Crippen LogP contribution in [0.4, 0.5) is 0 Å². The molecule has 0 fully saturated rings. The van der Waals surface area contributed by atoms with Gasteiger partial charge in [0.1, 0.15) is 16.8 Å². The summed E-state index contributed by atoms with van der Waals surface area (Å²) in [6, 6.07) is 27.4. The quantitative estimate of drug-likeness (QED) is 0.220. The molecule has 3 aromatic carbocycles. The maximum Gasteiger partial charge on any atom is 0.173 e. The van der Waals surface area contributed by atoms with Crippen molar-refractivity contribution >= 4 is 17.5 Å². The predicted molar refractivity (Wildman–Crippen MR) is 137 cm³/mol. The van der Waals surface area contributed by atoms with E-state index in [0.717, 1.165) is 39.3 Å². The minimum atomic E-state index is 0.00917. The highest BCUT2D eigenvalue weighted by molar-refractivity contribution is 8.00. The summed E-state index contributed by atoms with van der Waals surface area (Å²) >= 11 is 1.30. The van der Waals surface area contributed by atoms with Crippen molar-refractivity contribution in [2.75, 3.05) is 12.9 Å². The Morgan fingerprint density at radius 2 is 1.68 bits per heavy atom. The zero-order valence-corrected chi connectivity index (χ0v) is 20.1. The topological polar surface area (TPSA) is 63.0 Å². The summed E-state index contributed by atoms with van der Waals surface area (Å²) in [5.74, 6) is 0.952. The Labute approximate surface area is 204 Å². The van der Waals surface area contributed by atoms with Crippen LogP contribution in [0, 0.1) is 25.2 Å². The first kappa shape index (κ1) is 23.3. The number of nitriles is 1. The minimum absolute atomic E-state index is 0.00917. The molecule has 4 nitrogen and oxygen atoms in total. The van der Waals surface area contributed by atoms with E-state index in [1.54, 1.807) is 7.11 Å². The van der Waals surface area contributed by atoms with E-state index < -0.39 is 0 Å². The number of benzene rings is 3. The second-order valence-corrected chi connectivity index (χ2v) is 8.92. The molecule has 0 bridgehead atoms. The lowest BCUT2D eigenvalue weighted by Gasteiger charge is -2.13. The summed E-state index contributed by atoms with van der Waals surface area (Å²) in [7, 11) is 1.62. The number of aromatic nitrogens is 1. The highest BCUT2D eigenvalue weighted by Gasteiger charge is 2.18. The van der Waals surface area contributed by atoms with Crippen LogP contribution in [0.25, 0.3) is 22.4 Å². The Morgan fingerprint density at radius 1 is 0.941 bits per heavy atom. The molecule has 5 heteroatoms. The van der Waals surface area contributed by atoms with Gasteiger partial charge in [0, 0.05) is 16.7 Å². The number of nitrogens with zero attached hydrogens (tertiary/aromatic N) is 2. The maximum atomic E-state index is 12.9. The van der Waals surface area contributed by atoms with Crippen molar-refractivity contribution in [3.63, 3.8) is 0 Å². The Bertz CT molecular complexity index is 1370. The van der Waals surface area contributed by atoms with Gasteiger partial charge >= 0.3 is 0 Å². The molecule has 0 aliphatic carbocycles. The van der Waals surface area contributed by atoms with Crippen molar-refractivity contribution in [2.24, 2.45) is 0 Å². The summed E-state index contributed by atoms with van der Waals surface area (Å²) in [5, 5.41) is 10.6. The Morgan fingerprint density at radius 3 is 2.32 bits per heavy atom. The fraction of sp³-hybridized carbons (Fsp3) is 0.138. The molecule has 168 valence electrons. The third-order valence-electron chi connectivity index (χ3n) is 5.74. The van der Waals surface area contributed by atoms with E-state index in [0.29, 0.717) is 16.2 Å². The third kappa shape index (κ3) is 5.03. The van der Waals surface area contributed by atoms with Crippen LogP contribution in [-0.2, 0) is 0 Å². The molecule has 0 N–H and O–H groups in total. The number of rotatable bonds is 7. The molecule has 34 heavy (non-hydrogen) atoms. The number of hydrogen-bond acceptors (Lipinski definition) is 5. The number of thioether (sulfide) groups is 1.